The molecule has 0 bridgehead atoms. The standard InChI is InChI=1S/C10H10N6/c11-10(9-7-12-4-5-14-9)16-15-6-8-2-1-3-13-8/h1-7,13H,(H2,11,16). The molecular weight excluding hydrogens is 204 g/mol. The number of nitrogens with two attached hydrogens (primary N) is 1. The normalized spacial score (nSPS) is 12.1. The van der Waals surface area contributed by atoms with E-state index in [1.165, 1.54) is 6.20 Å². The van der Waals surface area contributed by atoms with Crippen LogP contribution in [0, 0.1) is 0 Å². The molecule has 6 nitrogen and oxygen atoms in total. The van der Waals surface area contributed by atoms with E-state index in [1.807, 2.05) is 12.1 Å². The van der Waals surface area contributed by atoms with Gasteiger partial charge >= 0.3 is 0 Å². The molecule has 0 aromatic carbocycles. The fourth-order valence-electron chi connectivity index (χ4n) is 1.06. The van der Waals surface area contributed by atoms with Crippen molar-refractivity contribution in [2.75, 3.05) is 0 Å². The molecule has 2 rings (SSSR count). The van der Waals surface area contributed by atoms with Crippen LogP contribution in [0.25, 0.3) is 0 Å². The quantitative estimate of drug-likeness (QED) is 0.443. The summed E-state index contributed by atoms with van der Waals surface area (Å²) in [4.78, 5) is 10.8. The molecule has 16 heavy (non-hydrogen) atoms. The number of nitrogens with one attached hydrogen (secondary N) is 1. The summed E-state index contributed by atoms with van der Waals surface area (Å²) in [5, 5.41) is 7.64. The van der Waals surface area contributed by atoms with E-state index in [1.54, 1.807) is 24.8 Å². The van der Waals surface area contributed by atoms with E-state index in [-0.39, 0.29) is 5.84 Å². The van der Waals surface area contributed by atoms with Crippen LogP contribution in [0.5, 0.6) is 0 Å². The zero-order valence-corrected chi connectivity index (χ0v) is 8.41. The molecule has 6 heteroatoms. The van der Waals surface area contributed by atoms with Crippen molar-refractivity contribution in [2.45, 2.75) is 0 Å². The highest BCUT2D eigenvalue weighted by Gasteiger charge is 1.97. The Morgan fingerprint density at radius 2 is 2.38 bits per heavy atom. The molecular formula is C10H10N6. The van der Waals surface area contributed by atoms with E-state index in [0.717, 1.165) is 5.69 Å². The van der Waals surface area contributed by atoms with Crippen LogP contribution in [0.15, 0.2) is 47.1 Å². The van der Waals surface area contributed by atoms with Gasteiger partial charge < -0.3 is 10.7 Å². The van der Waals surface area contributed by atoms with E-state index >= 15 is 0 Å². The topological polar surface area (TPSA) is 92.3 Å². The average Bonchev–Trinajstić information content (AvgIpc) is 2.83. The van der Waals surface area contributed by atoms with Crippen molar-refractivity contribution < 1.29 is 0 Å². The lowest BCUT2D eigenvalue weighted by Gasteiger charge is -1.94. The van der Waals surface area contributed by atoms with Crippen molar-refractivity contribution >= 4 is 12.1 Å². The van der Waals surface area contributed by atoms with Crippen LogP contribution >= 0.6 is 0 Å². The van der Waals surface area contributed by atoms with Gasteiger partial charge in [-0.05, 0) is 12.1 Å². The molecule has 2 aromatic heterocycles. The van der Waals surface area contributed by atoms with Gasteiger partial charge in [0.05, 0.1) is 18.1 Å². The van der Waals surface area contributed by atoms with Crippen molar-refractivity contribution in [1.82, 2.24) is 15.0 Å². The van der Waals surface area contributed by atoms with Gasteiger partial charge in [0.15, 0.2) is 5.84 Å². The zero-order chi connectivity index (χ0) is 11.2. The Kier molecular flexibility index (Phi) is 3.03. The number of H-pyrrole nitrogens is 1. The summed E-state index contributed by atoms with van der Waals surface area (Å²) < 4.78 is 0. The molecule has 0 fully saturated rings. The van der Waals surface area contributed by atoms with Crippen LogP contribution in [0.1, 0.15) is 11.4 Å². The van der Waals surface area contributed by atoms with E-state index in [2.05, 4.69) is 25.2 Å². The molecule has 0 aliphatic carbocycles. The summed E-state index contributed by atoms with van der Waals surface area (Å²) in [6.07, 6.45) is 8.02. The highest BCUT2D eigenvalue weighted by Crippen LogP contribution is 1.92. The molecule has 0 saturated heterocycles. The summed E-state index contributed by atoms with van der Waals surface area (Å²) in [7, 11) is 0. The van der Waals surface area contributed by atoms with Crippen molar-refractivity contribution in [2.24, 2.45) is 15.9 Å². The molecule has 0 aliphatic rings. The molecule has 3 N–H and O–H groups in total. The third kappa shape index (κ3) is 2.50. The minimum absolute atomic E-state index is 0.232. The first-order chi connectivity index (χ1) is 7.86. The van der Waals surface area contributed by atoms with Gasteiger partial charge in [0.25, 0.3) is 0 Å². The summed E-state index contributed by atoms with van der Waals surface area (Å²) in [6, 6.07) is 3.74. The maximum absolute atomic E-state index is 5.66. The molecule has 0 atom stereocenters. The van der Waals surface area contributed by atoms with E-state index in [9.17, 15) is 0 Å². The summed E-state index contributed by atoms with van der Waals surface area (Å²) in [6.45, 7) is 0. The minimum atomic E-state index is 0.232. The van der Waals surface area contributed by atoms with Gasteiger partial charge in [0, 0.05) is 18.6 Å². The van der Waals surface area contributed by atoms with Gasteiger partial charge in [-0.15, -0.1) is 5.10 Å². The fraction of sp³-hybridized carbons (Fsp3) is 0. The van der Waals surface area contributed by atoms with Crippen molar-refractivity contribution in [3.05, 3.63) is 48.3 Å². The second-order valence-corrected chi connectivity index (χ2v) is 2.95. The molecule has 0 saturated carbocycles. The second-order valence-electron chi connectivity index (χ2n) is 2.95. The number of nitrogens with zero attached hydrogens (tertiary/aromatic N) is 4. The zero-order valence-electron chi connectivity index (χ0n) is 8.41. The predicted octanol–water partition coefficient (Wildman–Crippen LogP) is 0.544. The van der Waals surface area contributed by atoms with Gasteiger partial charge in [-0.1, -0.05) is 0 Å². The molecule has 0 unspecified atom stereocenters. The number of hydrogen-bond donors (Lipinski definition) is 2. The van der Waals surface area contributed by atoms with Gasteiger partial charge in [-0.3, -0.25) is 4.98 Å². The Bertz CT molecular complexity index is 485. The first-order valence-electron chi connectivity index (χ1n) is 4.62. The Morgan fingerprint density at radius 1 is 1.44 bits per heavy atom. The fourth-order valence-corrected chi connectivity index (χ4v) is 1.06. The van der Waals surface area contributed by atoms with Crippen LogP contribution in [-0.2, 0) is 0 Å². The number of amidine groups is 1. The third-order valence-electron chi connectivity index (χ3n) is 1.81. The van der Waals surface area contributed by atoms with Gasteiger partial charge in [0.1, 0.15) is 5.69 Å². The van der Waals surface area contributed by atoms with E-state index in [0.29, 0.717) is 5.69 Å². The molecule has 2 aromatic rings. The predicted molar refractivity (Wildman–Crippen MR) is 61.1 cm³/mol. The van der Waals surface area contributed by atoms with Gasteiger partial charge in [-0.2, -0.15) is 5.10 Å². The maximum atomic E-state index is 5.66. The number of hydrogen-bond acceptors (Lipinski definition) is 4. The Balaban J connectivity index is 2.08. The molecule has 2 heterocycles. The summed E-state index contributed by atoms with van der Waals surface area (Å²) in [5.41, 5.74) is 7.02. The van der Waals surface area contributed by atoms with Crippen LogP contribution < -0.4 is 5.73 Å². The molecule has 0 amide bonds. The number of aromatic amines is 1. The average molecular weight is 214 g/mol. The second kappa shape index (κ2) is 4.83. The number of aromatic nitrogens is 3. The SMILES string of the molecule is NC(=NN=Cc1ccc[nH]1)c1cnccn1. The van der Waals surface area contributed by atoms with Crippen LogP contribution in [0.4, 0.5) is 0 Å². The highest BCUT2D eigenvalue weighted by atomic mass is 15.2. The molecule has 0 spiro atoms. The Morgan fingerprint density at radius 3 is 3.06 bits per heavy atom. The van der Waals surface area contributed by atoms with Gasteiger partial charge in [0.2, 0.25) is 0 Å². The smallest absolute Gasteiger partial charge is 0.173 e. The van der Waals surface area contributed by atoms with Crippen molar-refractivity contribution in [1.29, 1.82) is 0 Å². The Labute approximate surface area is 92.0 Å². The van der Waals surface area contributed by atoms with E-state index in [4.69, 9.17) is 5.73 Å². The monoisotopic (exact) mass is 214 g/mol. The minimum Gasteiger partial charge on any atom is -0.380 e. The molecule has 0 radical (unpaired) electrons. The number of rotatable bonds is 3. The lowest BCUT2D eigenvalue weighted by atomic mass is 10.4. The molecule has 0 aliphatic heterocycles. The third-order valence-corrected chi connectivity index (χ3v) is 1.81. The Hall–Kier alpha value is -2.50. The molecule has 80 valence electrons. The van der Waals surface area contributed by atoms with Crippen LogP contribution in [0.3, 0.4) is 0 Å². The largest absolute Gasteiger partial charge is 0.380 e. The van der Waals surface area contributed by atoms with Crippen LogP contribution in [0.2, 0.25) is 0 Å². The summed E-state index contributed by atoms with van der Waals surface area (Å²) in [5.74, 6) is 0.232. The van der Waals surface area contributed by atoms with Crippen LogP contribution in [-0.4, -0.2) is 27.0 Å². The van der Waals surface area contributed by atoms with E-state index < -0.39 is 0 Å². The van der Waals surface area contributed by atoms with Gasteiger partial charge in [-0.25, -0.2) is 4.98 Å². The lowest BCUT2D eigenvalue weighted by Crippen LogP contribution is -2.14. The van der Waals surface area contributed by atoms with Crippen molar-refractivity contribution in [3.8, 4) is 0 Å². The maximum Gasteiger partial charge on any atom is 0.173 e. The first kappa shape index (κ1) is 10.0. The van der Waals surface area contributed by atoms with Crippen molar-refractivity contribution in [3.63, 3.8) is 0 Å². The summed E-state index contributed by atoms with van der Waals surface area (Å²) >= 11 is 0. The first-order valence-corrected chi connectivity index (χ1v) is 4.62. The lowest BCUT2D eigenvalue weighted by molar-refractivity contribution is 1.14. The highest BCUT2D eigenvalue weighted by molar-refractivity contribution is 5.95.